The Balaban J connectivity index is 2.03. The van der Waals surface area contributed by atoms with Crippen molar-refractivity contribution in [1.29, 1.82) is 0 Å². The number of amides is 1. The van der Waals surface area contributed by atoms with Gasteiger partial charge in [-0.15, -0.1) is 0 Å². The van der Waals surface area contributed by atoms with Crippen molar-refractivity contribution in [1.82, 2.24) is 10.6 Å². The molecule has 1 aliphatic heterocycles. The summed E-state index contributed by atoms with van der Waals surface area (Å²) in [5.41, 5.74) is 0.896. The average molecular weight is 321 g/mol. The van der Waals surface area contributed by atoms with Gasteiger partial charge in [0.2, 0.25) is 0 Å². The number of nitrogens with one attached hydrogen (secondary N) is 2. The minimum absolute atomic E-state index is 0.0239. The molecule has 7 nitrogen and oxygen atoms in total. The zero-order chi connectivity index (χ0) is 16.9. The summed E-state index contributed by atoms with van der Waals surface area (Å²) in [7, 11) is 1.67. The van der Waals surface area contributed by atoms with E-state index < -0.39 is 4.92 Å². The smallest absolute Gasteiger partial charge is 0.272 e. The number of hydrogen-bond acceptors (Lipinski definition) is 5. The molecule has 0 spiro atoms. The van der Waals surface area contributed by atoms with Gasteiger partial charge < -0.3 is 15.4 Å². The zero-order valence-corrected chi connectivity index (χ0v) is 13.6. The molecular weight excluding hydrogens is 298 g/mol. The number of methoxy groups -OCH3 is 1. The first-order valence-electron chi connectivity index (χ1n) is 7.70. The molecule has 2 rings (SSSR count). The normalized spacial score (nSPS) is 16.8. The summed E-state index contributed by atoms with van der Waals surface area (Å²) in [5, 5.41) is 17.1. The van der Waals surface area contributed by atoms with Gasteiger partial charge in [-0.2, -0.15) is 0 Å². The van der Waals surface area contributed by atoms with E-state index in [4.69, 9.17) is 4.74 Å². The van der Waals surface area contributed by atoms with Gasteiger partial charge in [0.1, 0.15) is 0 Å². The van der Waals surface area contributed by atoms with Crippen LogP contribution in [0.1, 0.15) is 28.8 Å². The van der Waals surface area contributed by atoms with Gasteiger partial charge in [0.25, 0.3) is 11.6 Å². The van der Waals surface area contributed by atoms with Crippen LogP contribution in [0.15, 0.2) is 18.2 Å². The molecule has 1 aromatic carbocycles. The van der Waals surface area contributed by atoms with E-state index in [9.17, 15) is 14.9 Å². The Hall–Kier alpha value is -1.99. The van der Waals surface area contributed by atoms with Crippen LogP contribution in [0.25, 0.3) is 0 Å². The maximum absolute atomic E-state index is 12.3. The van der Waals surface area contributed by atoms with Crippen LogP contribution in [0, 0.1) is 22.5 Å². The SMILES string of the molecule is COCC1(CNC(=O)c2ccc([N+](=O)[O-])c(C)c2)CCNCC1. The van der Waals surface area contributed by atoms with E-state index >= 15 is 0 Å². The van der Waals surface area contributed by atoms with Crippen LogP contribution in [-0.2, 0) is 4.74 Å². The second-order valence-electron chi connectivity index (χ2n) is 6.12. The number of nitro benzene ring substituents is 1. The molecule has 1 amide bonds. The van der Waals surface area contributed by atoms with Crippen molar-refractivity contribution in [2.45, 2.75) is 19.8 Å². The molecule has 1 saturated heterocycles. The van der Waals surface area contributed by atoms with Crippen molar-refractivity contribution in [2.24, 2.45) is 5.41 Å². The fourth-order valence-corrected chi connectivity index (χ4v) is 3.01. The highest BCUT2D eigenvalue weighted by Crippen LogP contribution is 2.28. The number of carbonyl (C=O) groups excluding carboxylic acids is 1. The summed E-state index contributed by atoms with van der Waals surface area (Å²) in [4.78, 5) is 22.7. The van der Waals surface area contributed by atoms with Gasteiger partial charge in [0.15, 0.2) is 0 Å². The molecule has 2 N–H and O–H groups in total. The number of nitro groups is 1. The van der Waals surface area contributed by atoms with E-state index in [1.165, 1.54) is 12.1 Å². The second kappa shape index (κ2) is 7.52. The maximum Gasteiger partial charge on any atom is 0.272 e. The number of rotatable bonds is 6. The highest BCUT2D eigenvalue weighted by molar-refractivity contribution is 5.94. The average Bonchev–Trinajstić information content (AvgIpc) is 2.53. The van der Waals surface area contributed by atoms with Gasteiger partial charge in [-0.05, 0) is 45.0 Å². The molecule has 1 aliphatic rings. The molecule has 0 radical (unpaired) electrons. The fraction of sp³-hybridized carbons (Fsp3) is 0.562. The lowest BCUT2D eigenvalue weighted by atomic mass is 9.79. The van der Waals surface area contributed by atoms with E-state index in [1.54, 1.807) is 20.1 Å². The molecule has 1 heterocycles. The molecule has 126 valence electrons. The monoisotopic (exact) mass is 321 g/mol. The van der Waals surface area contributed by atoms with Crippen LogP contribution in [0.5, 0.6) is 0 Å². The summed E-state index contributed by atoms with van der Waals surface area (Å²) in [6, 6.07) is 4.42. The summed E-state index contributed by atoms with van der Waals surface area (Å²) in [6.07, 6.45) is 1.89. The summed E-state index contributed by atoms with van der Waals surface area (Å²) >= 11 is 0. The van der Waals surface area contributed by atoms with Crippen LogP contribution in [0.3, 0.4) is 0 Å². The van der Waals surface area contributed by atoms with E-state index in [1.807, 2.05) is 0 Å². The van der Waals surface area contributed by atoms with Gasteiger partial charge in [0, 0.05) is 36.3 Å². The first kappa shape index (κ1) is 17.4. The topological polar surface area (TPSA) is 93.5 Å². The quantitative estimate of drug-likeness (QED) is 0.614. The third-order valence-electron chi connectivity index (χ3n) is 4.39. The lowest BCUT2D eigenvalue weighted by molar-refractivity contribution is -0.385. The maximum atomic E-state index is 12.3. The minimum Gasteiger partial charge on any atom is -0.384 e. The minimum atomic E-state index is -0.445. The van der Waals surface area contributed by atoms with Crippen LogP contribution in [-0.4, -0.2) is 44.2 Å². The molecule has 0 atom stereocenters. The van der Waals surface area contributed by atoms with E-state index in [2.05, 4.69) is 10.6 Å². The number of nitrogens with zero attached hydrogens (tertiary/aromatic N) is 1. The molecule has 0 aliphatic carbocycles. The van der Waals surface area contributed by atoms with Crippen LogP contribution >= 0.6 is 0 Å². The molecule has 1 aromatic rings. The predicted molar refractivity (Wildman–Crippen MR) is 86.6 cm³/mol. The van der Waals surface area contributed by atoms with Gasteiger partial charge in [0.05, 0.1) is 11.5 Å². The van der Waals surface area contributed by atoms with Gasteiger partial charge >= 0.3 is 0 Å². The Morgan fingerprint density at radius 3 is 2.70 bits per heavy atom. The van der Waals surface area contributed by atoms with Gasteiger partial charge in [-0.1, -0.05) is 0 Å². The summed E-state index contributed by atoms with van der Waals surface area (Å²) in [5.74, 6) is -0.211. The second-order valence-corrected chi connectivity index (χ2v) is 6.12. The Labute approximate surface area is 135 Å². The third-order valence-corrected chi connectivity index (χ3v) is 4.39. The number of benzene rings is 1. The van der Waals surface area contributed by atoms with Crippen molar-refractivity contribution in [3.63, 3.8) is 0 Å². The number of ether oxygens (including phenoxy) is 1. The van der Waals surface area contributed by atoms with Crippen LogP contribution in [0.2, 0.25) is 0 Å². The molecule has 23 heavy (non-hydrogen) atoms. The first-order valence-corrected chi connectivity index (χ1v) is 7.70. The van der Waals surface area contributed by atoms with Crippen molar-refractivity contribution >= 4 is 11.6 Å². The van der Waals surface area contributed by atoms with Crippen molar-refractivity contribution in [3.05, 3.63) is 39.4 Å². The lowest BCUT2D eigenvalue weighted by Gasteiger charge is -2.37. The molecule has 0 saturated carbocycles. The molecule has 1 fully saturated rings. The molecule has 0 bridgehead atoms. The van der Waals surface area contributed by atoms with E-state index in [-0.39, 0.29) is 17.0 Å². The number of aryl methyl sites for hydroxylation is 1. The Morgan fingerprint density at radius 1 is 1.43 bits per heavy atom. The highest BCUT2D eigenvalue weighted by Gasteiger charge is 2.32. The lowest BCUT2D eigenvalue weighted by Crippen LogP contribution is -2.47. The Kier molecular flexibility index (Phi) is 5.68. The molecule has 7 heteroatoms. The van der Waals surface area contributed by atoms with Crippen LogP contribution in [0.4, 0.5) is 5.69 Å². The molecule has 0 unspecified atom stereocenters. The highest BCUT2D eigenvalue weighted by atomic mass is 16.6. The standard InChI is InChI=1S/C16H23N3O4/c1-12-9-13(3-4-14(12)19(21)22)15(20)18-10-16(11-23-2)5-7-17-8-6-16/h3-4,9,17H,5-8,10-11H2,1-2H3,(H,18,20). The first-order chi connectivity index (χ1) is 11.0. The van der Waals surface area contributed by atoms with E-state index in [0.717, 1.165) is 25.9 Å². The van der Waals surface area contributed by atoms with Gasteiger partial charge in [-0.3, -0.25) is 14.9 Å². The molecule has 0 aromatic heterocycles. The van der Waals surface area contributed by atoms with Crippen molar-refractivity contribution in [3.8, 4) is 0 Å². The number of hydrogen-bond donors (Lipinski definition) is 2. The van der Waals surface area contributed by atoms with Crippen LogP contribution < -0.4 is 10.6 Å². The zero-order valence-electron chi connectivity index (χ0n) is 13.6. The van der Waals surface area contributed by atoms with E-state index in [0.29, 0.717) is 24.3 Å². The molecular formula is C16H23N3O4. The summed E-state index contributed by atoms with van der Waals surface area (Å²) < 4.78 is 5.33. The predicted octanol–water partition coefficient (Wildman–Crippen LogP) is 1.65. The summed E-state index contributed by atoms with van der Waals surface area (Å²) in [6.45, 7) is 4.60. The van der Waals surface area contributed by atoms with Gasteiger partial charge in [-0.25, -0.2) is 0 Å². The fourth-order valence-electron chi connectivity index (χ4n) is 3.01. The Morgan fingerprint density at radius 2 is 2.13 bits per heavy atom. The largest absolute Gasteiger partial charge is 0.384 e. The number of carbonyl (C=O) groups is 1. The number of piperidine rings is 1. The van der Waals surface area contributed by atoms with Crippen molar-refractivity contribution < 1.29 is 14.5 Å². The van der Waals surface area contributed by atoms with Crippen molar-refractivity contribution in [2.75, 3.05) is 33.4 Å². The third kappa shape index (κ3) is 4.27. The Bertz CT molecular complexity index is 577.